The van der Waals surface area contributed by atoms with Gasteiger partial charge in [0.2, 0.25) is 5.75 Å². The summed E-state index contributed by atoms with van der Waals surface area (Å²) in [6.07, 6.45) is -18.1. The summed E-state index contributed by atoms with van der Waals surface area (Å²) in [7, 11) is 3.83. The molecule has 3 saturated heterocycles. The molecule has 24 heteroatoms. The van der Waals surface area contributed by atoms with Gasteiger partial charge in [0.1, 0.15) is 67.8 Å². The van der Waals surface area contributed by atoms with E-state index in [0.29, 0.717) is 11.1 Å². The van der Waals surface area contributed by atoms with Crippen LogP contribution in [0.3, 0.4) is 0 Å². The fourth-order valence-corrected chi connectivity index (χ4v) is 7.27. The summed E-state index contributed by atoms with van der Waals surface area (Å²) < 4.78 is 61.7. The molecule has 3 fully saturated rings. The molecule has 0 unspecified atom stereocenters. The standard InChI is InChI=1S/C44H54O23.Na/c1-20-32(49)35(52)36(53)41(64-20)66-37-34(51)30(17-61-31(48)10-7-21-6-9-25(46)27(14-21)57-2)65-42(60-12-11-22-5-8-24(45)26(47)13-22)38(37)67-43-39(54)44(56,19-63-43)18-62-40(55)23-15-28(58-3)33(50)29(16-23)59-4;/h5-10,13-16,20,30,32,34-39,41-43,45-47,49-54,56H,11-12,17-19H2,1-4H3;/q;+1/p-1/b10-7+;/t20-,30+,32-,34+,35+,36+,37-,38+,39-,41-,42+,43-,44+;/m0./s1. The zero-order chi connectivity index (χ0) is 48.7. The average molecular weight is 973 g/mol. The van der Waals surface area contributed by atoms with E-state index in [1.165, 1.54) is 64.7 Å². The predicted molar refractivity (Wildman–Crippen MR) is 221 cm³/mol. The van der Waals surface area contributed by atoms with Gasteiger partial charge in [-0.3, -0.25) is 0 Å². The third-order valence-corrected chi connectivity index (χ3v) is 11.2. The molecule has 3 aliphatic rings. The fourth-order valence-electron chi connectivity index (χ4n) is 7.27. The molecular weight excluding hydrogens is 919 g/mol. The molecule has 23 nitrogen and oxygen atoms in total. The van der Waals surface area contributed by atoms with Crippen molar-refractivity contribution in [3.63, 3.8) is 0 Å². The second-order valence-corrected chi connectivity index (χ2v) is 15.8. The Labute approximate surface area is 410 Å². The maximum atomic E-state index is 13.1. The number of esters is 2. The molecule has 3 heterocycles. The monoisotopic (exact) mass is 972 g/mol. The number of aliphatic hydroxyl groups is 6. The number of hydrogen-bond donors (Lipinski definition) is 9. The van der Waals surface area contributed by atoms with Gasteiger partial charge in [0.25, 0.3) is 0 Å². The number of carbonyl (C=O) groups excluding carboxylic acids is 2. The topological polar surface area (TPSA) is 341 Å². The minimum Gasteiger partial charge on any atom is -0.870 e. The molecule has 0 spiro atoms. The van der Waals surface area contributed by atoms with Crippen LogP contribution in [0.1, 0.15) is 28.4 Å². The van der Waals surface area contributed by atoms with Crippen LogP contribution in [0.2, 0.25) is 0 Å². The first-order valence-corrected chi connectivity index (χ1v) is 20.7. The van der Waals surface area contributed by atoms with E-state index in [2.05, 4.69) is 0 Å². The number of aliphatic hydroxyl groups excluding tert-OH is 5. The van der Waals surface area contributed by atoms with Crippen molar-refractivity contribution in [2.75, 3.05) is 47.8 Å². The summed E-state index contributed by atoms with van der Waals surface area (Å²) in [5, 5.41) is 109. The molecule has 6 rings (SSSR count). The van der Waals surface area contributed by atoms with E-state index in [0.717, 1.165) is 24.3 Å². The van der Waals surface area contributed by atoms with E-state index in [1.54, 1.807) is 0 Å². The van der Waals surface area contributed by atoms with Gasteiger partial charge in [0, 0.05) is 6.08 Å². The molecule has 0 radical (unpaired) electrons. The molecule has 3 aliphatic heterocycles. The van der Waals surface area contributed by atoms with E-state index in [-0.39, 0.29) is 76.9 Å². The van der Waals surface area contributed by atoms with Gasteiger partial charge in [0.15, 0.2) is 47.5 Å². The molecular formula is C44H53NaO23. The molecule has 13 atom stereocenters. The molecule has 0 saturated carbocycles. The number of benzene rings is 3. The van der Waals surface area contributed by atoms with Gasteiger partial charge < -0.3 is 103 Å². The molecule has 0 aromatic heterocycles. The van der Waals surface area contributed by atoms with Crippen LogP contribution in [0.25, 0.3) is 6.08 Å². The van der Waals surface area contributed by atoms with Crippen molar-refractivity contribution in [1.82, 2.24) is 0 Å². The van der Waals surface area contributed by atoms with Crippen LogP contribution >= 0.6 is 0 Å². The number of aromatic hydroxyl groups is 3. The van der Waals surface area contributed by atoms with Gasteiger partial charge in [-0.15, -0.1) is 0 Å². The molecule has 0 amide bonds. The summed E-state index contributed by atoms with van der Waals surface area (Å²) in [6.45, 7) is -1.12. The van der Waals surface area contributed by atoms with Crippen molar-refractivity contribution in [1.29, 1.82) is 0 Å². The first kappa shape index (κ1) is 54.4. The number of ether oxygens (including phenoxy) is 11. The van der Waals surface area contributed by atoms with Crippen LogP contribution < -0.4 is 48.9 Å². The van der Waals surface area contributed by atoms with Gasteiger partial charge >= 0.3 is 41.5 Å². The van der Waals surface area contributed by atoms with Crippen LogP contribution in [0.15, 0.2) is 54.6 Å². The maximum absolute atomic E-state index is 13.1. The summed E-state index contributed by atoms with van der Waals surface area (Å²) in [5.41, 5.74) is -1.60. The molecule has 3 aromatic rings. The Hall–Kier alpha value is -4.54. The summed E-state index contributed by atoms with van der Waals surface area (Å²) in [6, 6.07) is 10.4. The number of rotatable bonds is 18. The molecule has 0 bridgehead atoms. The fraction of sp³-hybridized carbons (Fsp3) is 0.500. The summed E-state index contributed by atoms with van der Waals surface area (Å²) in [4.78, 5) is 26.1. The van der Waals surface area contributed by atoms with Gasteiger partial charge in [-0.05, 0) is 60.9 Å². The van der Waals surface area contributed by atoms with Gasteiger partial charge in [-0.1, -0.05) is 23.9 Å². The number of carbonyl (C=O) groups is 2. The Balaban J connectivity index is 0.00000864. The van der Waals surface area contributed by atoms with Crippen LogP contribution in [-0.4, -0.2) is 185 Å². The minimum absolute atomic E-state index is 0. The number of methoxy groups -OCH3 is 3. The van der Waals surface area contributed by atoms with Gasteiger partial charge in [-0.2, -0.15) is 0 Å². The second kappa shape index (κ2) is 23.9. The Morgan fingerprint density at radius 1 is 0.779 bits per heavy atom. The quantitative estimate of drug-likeness (QED) is 0.0331. The van der Waals surface area contributed by atoms with Crippen LogP contribution in [-0.2, 0) is 49.1 Å². The normalized spacial score (nSPS) is 30.3. The summed E-state index contributed by atoms with van der Waals surface area (Å²) >= 11 is 0. The average Bonchev–Trinajstić information content (AvgIpc) is 3.60. The Morgan fingerprint density at radius 3 is 2.12 bits per heavy atom. The molecule has 3 aromatic carbocycles. The zero-order valence-electron chi connectivity index (χ0n) is 37.5. The van der Waals surface area contributed by atoms with Crippen molar-refractivity contribution in [2.24, 2.45) is 0 Å². The zero-order valence-corrected chi connectivity index (χ0v) is 39.5. The maximum Gasteiger partial charge on any atom is 1.00 e. The third-order valence-electron chi connectivity index (χ3n) is 11.2. The van der Waals surface area contributed by atoms with E-state index in [1.807, 2.05) is 0 Å². The van der Waals surface area contributed by atoms with Crippen LogP contribution in [0, 0.1) is 0 Å². The van der Waals surface area contributed by atoms with Gasteiger partial charge in [-0.25, -0.2) is 9.59 Å². The number of phenols is 3. The minimum atomic E-state index is -2.34. The van der Waals surface area contributed by atoms with E-state index < -0.39 is 123 Å². The molecule has 68 heavy (non-hydrogen) atoms. The Kier molecular flexibility index (Phi) is 19.1. The van der Waals surface area contributed by atoms with Gasteiger partial charge in [0.05, 0.1) is 46.2 Å². The van der Waals surface area contributed by atoms with Crippen LogP contribution in [0.5, 0.6) is 40.2 Å². The smallest absolute Gasteiger partial charge is 0.870 e. The Bertz CT molecular complexity index is 2180. The van der Waals surface area contributed by atoms with Crippen molar-refractivity contribution in [2.45, 2.75) is 92.8 Å². The first-order valence-electron chi connectivity index (χ1n) is 20.7. The summed E-state index contributed by atoms with van der Waals surface area (Å²) in [5.74, 6) is -3.71. The Morgan fingerprint density at radius 2 is 1.46 bits per heavy atom. The largest absolute Gasteiger partial charge is 1.00 e. The number of phenolic OH excluding ortho intramolecular Hbond substituents is 3. The van der Waals surface area contributed by atoms with Crippen molar-refractivity contribution < 1.29 is 142 Å². The van der Waals surface area contributed by atoms with E-state index in [4.69, 9.17) is 52.1 Å². The third kappa shape index (κ3) is 12.6. The van der Waals surface area contributed by atoms with E-state index >= 15 is 0 Å². The SMILES string of the molecule is COc1cc(/C=C/C(=O)OC[C@H]2O[C@@H](OCCc3ccc([O-])c(O)c3)[C@H](O[C@@H]3OC[C@](O)(COC(=O)c4cc(OC)c(O)c(OC)c4)[C@H]3O)[C@@H](O[C@@H]3O[C@@H](C)[C@H](O)[C@@H](O)[C@H]3O)[C@@H]2O)ccc1O.[Na+]. The van der Waals surface area contributed by atoms with Crippen molar-refractivity contribution in [3.8, 4) is 40.2 Å². The molecule has 368 valence electrons. The number of hydrogen-bond acceptors (Lipinski definition) is 23. The predicted octanol–water partition coefficient (Wildman–Crippen LogP) is -4.29. The van der Waals surface area contributed by atoms with Crippen molar-refractivity contribution >= 4 is 18.0 Å². The molecule has 0 aliphatic carbocycles. The van der Waals surface area contributed by atoms with Crippen LogP contribution in [0.4, 0.5) is 0 Å². The van der Waals surface area contributed by atoms with E-state index in [9.17, 15) is 60.7 Å². The second-order valence-electron chi connectivity index (χ2n) is 15.8. The van der Waals surface area contributed by atoms with Crippen molar-refractivity contribution in [3.05, 3.63) is 71.3 Å². The first-order chi connectivity index (χ1) is 31.9. The molecule has 9 N–H and O–H groups in total.